The first-order chi connectivity index (χ1) is 14.4. The summed E-state index contributed by atoms with van der Waals surface area (Å²) in [5.74, 6) is -0.924. The van der Waals surface area contributed by atoms with Crippen molar-refractivity contribution in [2.75, 3.05) is 13.2 Å². The maximum Gasteiger partial charge on any atom is 0.342 e. The zero-order chi connectivity index (χ0) is 22.1. The summed E-state index contributed by atoms with van der Waals surface area (Å²) >= 11 is 0. The summed E-state index contributed by atoms with van der Waals surface area (Å²) in [5.41, 5.74) is -0.0713. The molecule has 0 bridgehead atoms. The highest BCUT2D eigenvalue weighted by atomic mass is 16.7. The van der Waals surface area contributed by atoms with Gasteiger partial charge in [-0.1, -0.05) is 39.0 Å². The number of benzene rings is 1. The minimum atomic E-state index is -1.62. The van der Waals surface area contributed by atoms with E-state index in [1.807, 2.05) is 0 Å². The number of phenols is 1. The lowest BCUT2D eigenvalue weighted by atomic mass is 9.99. The second-order valence-corrected chi connectivity index (χ2v) is 7.40. The van der Waals surface area contributed by atoms with Crippen molar-refractivity contribution in [1.82, 2.24) is 0 Å². The van der Waals surface area contributed by atoms with Crippen molar-refractivity contribution >= 4 is 5.97 Å². The molecule has 1 heterocycles. The van der Waals surface area contributed by atoms with Gasteiger partial charge >= 0.3 is 5.97 Å². The van der Waals surface area contributed by atoms with E-state index < -0.39 is 43.3 Å². The maximum absolute atomic E-state index is 12.5. The summed E-state index contributed by atoms with van der Waals surface area (Å²) in [7, 11) is 0. The zero-order valence-electron chi connectivity index (χ0n) is 17.1. The standard InChI is InChI=1S/C21H32O9/c1-2-3-4-5-6-7-10-28-20(27)14-11-13(23)8-9-15(14)29-21-19(26)18(25)17(24)16(12-22)30-21/h8-9,11,16-19,21-26H,2-7,10,12H2,1H3/t16-,17-,18+,19-,21-/m1/s1. The van der Waals surface area contributed by atoms with Crippen molar-refractivity contribution in [3.63, 3.8) is 0 Å². The Hall–Kier alpha value is -1.91. The molecule has 2 rings (SSSR count). The summed E-state index contributed by atoms with van der Waals surface area (Å²) in [6, 6.07) is 3.75. The minimum absolute atomic E-state index is 0.0370. The van der Waals surface area contributed by atoms with E-state index in [-0.39, 0.29) is 23.7 Å². The van der Waals surface area contributed by atoms with Crippen LogP contribution in [-0.4, -0.2) is 75.4 Å². The topological polar surface area (TPSA) is 146 Å². The predicted octanol–water partition coefficient (Wildman–Crippen LogP) is 1.09. The number of aliphatic hydroxyl groups excluding tert-OH is 4. The quantitative estimate of drug-likeness (QED) is 0.258. The molecule has 1 fully saturated rings. The third kappa shape index (κ3) is 6.55. The van der Waals surface area contributed by atoms with Crippen LogP contribution in [0.5, 0.6) is 11.5 Å². The predicted molar refractivity (Wildman–Crippen MR) is 106 cm³/mol. The second kappa shape index (κ2) is 12.1. The first kappa shape index (κ1) is 24.4. The molecule has 0 amide bonds. The number of aliphatic hydroxyl groups is 4. The Morgan fingerprint density at radius 2 is 1.73 bits per heavy atom. The molecule has 1 aliphatic rings. The molecular formula is C21H32O9. The summed E-state index contributed by atoms with van der Waals surface area (Å²) < 4.78 is 16.1. The number of ether oxygens (including phenoxy) is 3. The fourth-order valence-corrected chi connectivity index (χ4v) is 3.20. The van der Waals surface area contributed by atoms with Crippen LogP contribution in [-0.2, 0) is 9.47 Å². The molecule has 0 spiro atoms. The molecule has 1 saturated heterocycles. The molecule has 5 N–H and O–H groups in total. The van der Waals surface area contributed by atoms with Gasteiger partial charge in [-0.25, -0.2) is 4.79 Å². The molecule has 9 heteroatoms. The number of esters is 1. The molecule has 0 aliphatic carbocycles. The van der Waals surface area contributed by atoms with Crippen LogP contribution in [0.4, 0.5) is 0 Å². The van der Waals surface area contributed by atoms with E-state index in [1.165, 1.54) is 24.6 Å². The van der Waals surface area contributed by atoms with Gasteiger partial charge in [0.15, 0.2) is 0 Å². The average Bonchev–Trinajstić information content (AvgIpc) is 2.74. The lowest BCUT2D eigenvalue weighted by Crippen LogP contribution is -2.60. The number of carbonyl (C=O) groups is 1. The van der Waals surface area contributed by atoms with E-state index >= 15 is 0 Å². The van der Waals surface area contributed by atoms with Crippen molar-refractivity contribution in [3.8, 4) is 11.5 Å². The van der Waals surface area contributed by atoms with E-state index in [4.69, 9.17) is 14.2 Å². The molecular weight excluding hydrogens is 396 g/mol. The summed E-state index contributed by atoms with van der Waals surface area (Å²) in [6.07, 6.45) is -1.12. The number of hydrogen-bond acceptors (Lipinski definition) is 9. The van der Waals surface area contributed by atoms with Gasteiger partial charge in [-0.2, -0.15) is 0 Å². The molecule has 0 unspecified atom stereocenters. The lowest BCUT2D eigenvalue weighted by molar-refractivity contribution is -0.277. The third-order valence-corrected chi connectivity index (χ3v) is 5.01. The fourth-order valence-electron chi connectivity index (χ4n) is 3.20. The van der Waals surface area contributed by atoms with Crippen LogP contribution in [0.2, 0.25) is 0 Å². The van der Waals surface area contributed by atoms with E-state index in [0.29, 0.717) is 0 Å². The van der Waals surface area contributed by atoms with Gasteiger partial charge in [0, 0.05) is 0 Å². The van der Waals surface area contributed by atoms with E-state index in [0.717, 1.165) is 32.1 Å². The van der Waals surface area contributed by atoms with E-state index in [1.54, 1.807) is 0 Å². The van der Waals surface area contributed by atoms with Gasteiger partial charge < -0.3 is 39.7 Å². The van der Waals surface area contributed by atoms with Crippen LogP contribution in [0.25, 0.3) is 0 Å². The fraction of sp³-hybridized carbons (Fsp3) is 0.667. The summed E-state index contributed by atoms with van der Waals surface area (Å²) in [6.45, 7) is 1.76. The Morgan fingerprint density at radius 3 is 2.43 bits per heavy atom. The first-order valence-electron chi connectivity index (χ1n) is 10.4. The highest BCUT2D eigenvalue weighted by Crippen LogP contribution is 2.29. The van der Waals surface area contributed by atoms with Crippen molar-refractivity contribution in [3.05, 3.63) is 23.8 Å². The van der Waals surface area contributed by atoms with E-state index in [9.17, 15) is 30.3 Å². The van der Waals surface area contributed by atoms with Crippen LogP contribution in [0.1, 0.15) is 55.8 Å². The normalized spacial score (nSPS) is 26.4. The number of aromatic hydroxyl groups is 1. The molecule has 0 saturated carbocycles. The van der Waals surface area contributed by atoms with E-state index in [2.05, 4.69) is 6.92 Å². The SMILES string of the molecule is CCCCCCCCOC(=O)c1cc(O)ccc1O[C@@H]1O[C@H](CO)[C@@H](O)[C@H](O)[C@H]1O. The largest absolute Gasteiger partial charge is 0.508 e. The number of rotatable bonds is 11. The molecule has 1 aliphatic heterocycles. The first-order valence-corrected chi connectivity index (χ1v) is 10.4. The van der Waals surface area contributed by atoms with Crippen LogP contribution >= 0.6 is 0 Å². The minimum Gasteiger partial charge on any atom is -0.508 e. The Bertz CT molecular complexity index is 664. The smallest absolute Gasteiger partial charge is 0.342 e. The zero-order valence-corrected chi connectivity index (χ0v) is 17.1. The van der Waals surface area contributed by atoms with Crippen molar-refractivity contribution in [1.29, 1.82) is 0 Å². The molecule has 30 heavy (non-hydrogen) atoms. The molecule has 5 atom stereocenters. The van der Waals surface area contributed by atoms with Gasteiger partial charge in [0.05, 0.1) is 13.2 Å². The van der Waals surface area contributed by atoms with Crippen LogP contribution in [0, 0.1) is 0 Å². The number of unbranched alkanes of at least 4 members (excludes halogenated alkanes) is 5. The highest BCUT2D eigenvalue weighted by Gasteiger charge is 2.45. The Balaban J connectivity index is 1.99. The van der Waals surface area contributed by atoms with Gasteiger partial charge in [0.2, 0.25) is 6.29 Å². The second-order valence-electron chi connectivity index (χ2n) is 7.40. The van der Waals surface area contributed by atoms with Gasteiger partial charge in [0.1, 0.15) is 41.5 Å². The average molecular weight is 428 g/mol. The molecule has 1 aromatic carbocycles. The summed E-state index contributed by atoms with van der Waals surface area (Å²) in [4.78, 5) is 12.5. The lowest BCUT2D eigenvalue weighted by Gasteiger charge is -2.39. The Labute approximate surface area is 175 Å². The van der Waals surface area contributed by atoms with Crippen molar-refractivity contribution < 1.29 is 44.5 Å². The molecule has 0 aromatic heterocycles. The molecule has 170 valence electrons. The molecule has 0 radical (unpaired) electrons. The molecule has 9 nitrogen and oxygen atoms in total. The maximum atomic E-state index is 12.5. The van der Waals surface area contributed by atoms with Crippen LogP contribution in [0.3, 0.4) is 0 Å². The Morgan fingerprint density at radius 1 is 1.03 bits per heavy atom. The van der Waals surface area contributed by atoms with Crippen LogP contribution in [0.15, 0.2) is 18.2 Å². The van der Waals surface area contributed by atoms with Gasteiger partial charge in [0.25, 0.3) is 0 Å². The Kier molecular flexibility index (Phi) is 9.80. The molecule has 1 aromatic rings. The monoisotopic (exact) mass is 428 g/mol. The van der Waals surface area contributed by atoms with Gasteiger partial charge in [-0.05, 0) is 24.6 Å². The highest BCUT2D eigenvalue weighted by molar-refractivity contribution is 5.93. The number of phenolic OH excluding ortho intramolecular Hbond substituents is 1. The number of carbonyl (C=O) groups excluding carboxylic acids is 1. The third-order valence-electron chi connectivity index (χ3n) is 5.01. The van der Waals surface area contributed by atoms with Crippen LogP contribution < -0.4 is 4.74 Å². The van der Waals surface area contributed by atoms with Gasteiger partial charge in [-0.3, -0.25) is 0 Å². The number of hydrogen-bond donors (Lipinski definition) is 5. The summed E-state index contributed by atoms with van der Waals surface area (Å²) in [5, 5.41) is 48.9. The van der Waals surface area contributed by atoms with Gasteiger partial charge in [-0.15, -0.1) is 0 Å². The van der Waals surface area contributed by atoms with Crippen molar-refractivity contribution in [2.24, 2.45) is 0 Å². The van der Waals surface area contributed by atoms with Crippen molar-refractivity contribution in [2.45, 2.75) is 76.2 Å².